The van der Waals surface area contributed by atoms with Crippen molar-refractivity contribution in [1.82, 2.24) is 10.2 Å². The van der Waals surface area contributed by atoms with Crippen molar-refractivity contribution in [2.45, 2.75) is 76.9 Å². The van der Waals surface area contributed by atoms with Gasteiger partial charge in [0.1, 0.15) is 0 Å². The molecule has 3 unspecified atom stereocenters. The second-order valence-electron chi connectivity index (χ2n) is 5.55. The highest BCUT2D eigenvalue weighted by molar-refractivity contribution is 4.96. The standard InChI is InChI=1S/C14H28N2/c1-3-5-7-12(4-2)15-13-9-11-16-10-6-8-14(13)16/h12-15H,3-11H2,1-2H3. The Morgan fingerprint density at radius 2 is 2.12 bits per heavy atom. The molecule has 0 aromatic heterocycles. The molecule has 0 spiro atoms. The predicted molar refractivity (Wildman–Crippen MR) is 69.7 cm³/mol. The highest BCUT2D eigenvalue weighted by Crippen LogP contribution is 2.28. The van der Waals surface area contributed by atoms with E-state index in [1.54, 1.807) is 0 Å². The largest absolute Gasteiger partial charge is 0.310 e. The van der Waals surface area contributed by atoms with Crippen LogP contribution in [0.2, 0.25) is 0 Å². The molecule has 3 atom stereocenters. The highest BCUT2D eigenvalue weighted by atomic mass is 15.2. The van der Waals surface area contributed by atoms with Crippen LogP contribution in [0.15, 0.2) is 0 Å². The van der Waals surface area contributed by atoms with Gasteiger partial charge in [0.15, 0.2) is 0 Å². The van der Waals surface area contributed by atoms with Gasteiger partial charge in [0.25, 0.3) is 0 Å². The molecule has 1 N–H and O–H groups in total. The van der Waals surface area contributed by atoms with Crippen LogP contribution in [0.5, 0.6) is 0 Å². The number of unbranched alkanes of at least 4 members (excludes halogenated alkanes) is 1. The Balaban J connectivity index is 1.78. The maximum absolute atomic E-state index is 3.93. The first-order valence-electron chi connectivity index (χ1n) is 7.35. The normalized spacial score (nSPS) is 31.9. The molecule has 0 amide bonds. The summed E-state index contributed by atoms with van der Waals surface area (Å²) in [7, 11) is 0. The van der Waals surface area contributed by atoms with Crippen LogP contribution in [0, 0.1) is 0 Å². The fourth-order valence-corrected chi connectivity index (χ4v) is 3.44. The Bertz CT molecular complexity index is 205. The summed E-state index contributed by atoms with van der Waals surface area (Å²) in [5, 5.41) is 3.93. The number of hydrogen-bond donors (Lipinski definition) is 1. The van der Waals surface area contributed by atoms with Crippen LogP contribution in [-0.2, 0) is 0 Å². The van der Waals surface area contributed by atoms with Gasteiger partial charge in [-0.05, 0) is 38.6 Å². The van der Waals surface area contributed by atoms with Crippen molar-refractivity contribution in [2.75, 3.05) is 13.1 Å². The van der Waals surface area contributed by atoms with E-state index >= 15 is 0 Å². The van der Waals surface area contributed by atoms with Gasteiger partial charge in [-0.15, -0.1) is 0 Å². The van der Waals surface area contributed by atoms with E-state index < -0.39 is 0 Å². The average Bonchev–Trinajstić information content (AvgIpc) is 2.88. The monoisotopic (exact) mass is 224 g/mol. The minimum Gasteiger partial charge on any atom is -0.310 e. The lowest BCUT2D eigenvalue weighted by atomic mass is 10.0. The maximum atomic E-state index is 3.93. The third kappa shape index (κ3) is 2.78. The Morgan fingerprint density at radius 3 is 2.88 bits per heavy atom. The summed E-state index contributed by atoms with van der Waals surface area (Å²) in [4.78, 5) is 2.70. The van der Waals surface area contributed by atoms with E-state index in [2.05, 4.69) is 24.1 Å². The molecule has 0 aliphatic carbocycles. The molecule has 2 fully saturated rings. The minimum atomic E-state index is 0.769. The van der Waals surface area contributed by atoms with Gasteiger partial charge in [0.05, 0.1) is 0 Å². The molecule has 0 saturated carbocycles. The molecule has 2 rings (SSSR count). The Kier molecular flexibility index (Phi) is 4.66. The SMILES string of the molecule is CCCCC(CC)NC1CCN2CCCC12. The van der Waals surface area contributed by atoms with Crippen LogP contribution in [0.1, 0.15) is 58.8 Å². The van der Waals surface area contributed by atoms with Crippen molar-refractivity contribution in [2.24, 2.45) is 0 Å². The molecule has 2 saturated heterocycles. The van der Waals surface area contributed by atoms with Crippen LogP contribution in [0.25, 0.3) is 0 Å². The van der Waals surface area contributed by atoms with Crippen molar-refractivity contribution in [1.29, 1.82) is 0 Å². The summed E-state index contributed by atoms with van der Waals surface area (Å²) >= 11 is 0. The highest BCUT2D eigenvalue weighted by Gasteiger charge is 2.37. The van der Waals surface area contributed by atoms with Crippen molar-refractivity contribution in [3.8, 4) is 0 Å². The molecule has 0 radical (unpaired) electrons. The number of nitrogens with one attached hydrogen (secondary N) is 1. The van der Waals surface area contributed by atoms with Gasteiger partial charge in [-0.3, -0.25) is 4.90 Å². The van der Waals surface area contributed by atoms with Crippen LogP contribution < -0.4 is 5.32 Å². The summed E-state index contributed by atoms with van der Waals surface area (Å²) in [6.45, 7) is 7.32. The second-order valence-corrected chi connectivity index (χ2v) is 5.55. The number of rotatable bonds is 6. The number of hydrogen-bond acceptors (Lipinski definition) is 2. The molecule has 16 heavy (non-hydrogen) atoms. The molecule has 2 aliphatic rings. The third-order valence-corrected chi connectivity index (χ3v) is 4.45. The number of nitrogens with zero attached hydrogens (tertiary/aromatic N) is 1. The first-order valence-corrected chi connectivity index (χ1v) is 7.35. The summed E-state index contributed by atoms with van der Waals surface area (Å²) in [6, 6.07) is 2.44. The summed E-state index contributed by atoms with van der Waals surface area (Å²) in [5.74, 6) is 0. The molecule has 2 heteroatoms. The van der Waals surface area contributed by atoms with Crippen LogP contribution in [0.3, 0.4) is 0 Å². The van der Waals surface area contributed by atoms with Crippen LogP contribution in [0.4, 0.5) is 0 Å². The molecule has 2 aliphatic heterocycles. The number of fused-ring (bicyclic) bond motifs is 1. The van der Waals surface area contributed by atoms with Gasteiger partial charge in [-0.1, -0.05) is 26.7 Å². The first kappa shape index (κ1) is 12.4. The predicted octanol–water partition coefficient (Wildman–Crippen LogP) is 2.78. The zero-order valence-electron chi connectivity index (χ0n) is 11.0. The minimum absolute atomic E-state index is 0.769. The smallest absolute Gasteiger partial charge is 0.0250 e. The van der Waals surface area contributed by atoms with E-state index in [1.165, 1.54) is 58.0 Å². The van der Waals surface area contributed by atoms with Gasteiger partial charge in [-0.25, -0.2) is 0 Å². The first-order chi connectivity index (χ1) is 7.85. The van der Waals surface area contributed by atoms with E-state index in [0.717, 1.165) is 18.1 Å². The fourth-order valence-electron chi connectivity index (χ4n) is 3.44. The molecule has 0 aromatic carbocycles. The lowest BCUT2D eigenvalue weighted by Crippen LogP contribution is -2.44. The summed E-state index contributed by atoms with van der Waals surface area (Å²) < 4.78 is 0. The zero-order chi connectivity index (χ0) is 11.4. The third-order valence-electron chi connectivity index (χ3n) is 4.45. The van der Waals surface area contributed by atoms with Gasteiger partial charge >= 0.3 is 0 Å². The molecular formula is C14H28N2. The van der Waals surface area contributed by atoms with Crippen molar-refractivity contribution in [3.63, 3.8) is 0 Å². The van der Waals surface area contributed by atoms with Gasteiger partial charge < -0.3 is 5.32 Å². The summed E-state index contributed by atoms with van der Waals surface area (Å²) in [6.07, 6.45) is 9.62. The molecule has 0 aromatic rings. The lowest BCUT2D eigenvalue weighted by molar-refractivity contribution is 0.282. The van der Waals surface area contributed by atoms with Crippen molar-refractivity contribution < 1.29 is 0 Å². The Morgan fingerprint density at radius 1 is 1.25 bits per heavy atom. The van der Waals surface area contributed by atoms with Crippen molar-refractivity contribution >= 4 is 0 Å². The van der Waals surface area contributed by atoms with Gasteiger partial charge in [-0.2, -0.15) is 0 Å². The van der Waals surface area contributed by atoms with Crippen LogP contribution in [-0.4, -0.2) is 36.1 Å². The molecular weight excluding hydrogens is 196 g/mol. The molecule has 2 nitrogen and oxygen atoms in total. The maximum Gasteiger partial charge on any atom is 0.0250 e. The average molecular weight is 224 g/mol. The van der Waals surface area contributed by atoms with Crippen molar-refractivity contribution in [3.05, 3.63) is 0 Å². The van der Waals surface area contributed by atoms with E-state index in [1.807, 2.05) is 0 Å². The van der Waals surface area contributed by atoms with E-state index in [-0.39, 0.29) is 0 Å². The van der Waals surface area contributed by atoms with Crippen LogP contribution >= 0.6 is 0 Å². The fraction of sp³-hybridized carbons (Fsp3) is 1.00. The molecule has 2 heterocycles. The molecule has 94 valence electrons. The Labute approximate surface area is 101 Å². The summed E-state index contributed by atoms with van der Waals surface area (Å²) in [5.41, 5.74) is 0. The zero-order valence-corrected chi connectivity index (χ0v) is 11.0. The Hall–Kier alpha value is -0.0800. The molecule has 0 bridgehead atoms. The van der Waals surface area contributed by atoms with Gasteiger partial charge in [0.2, 0.25) is 0 Å². The van der Waals surface area contributed by atoms with E-state index in [9.17, 15) is 0 Å². The quantitative estimate of drug-likeness (QED) is 0.746. The topological polar surface area (TPSA) is 15.3 Å². The van der Waals surface area contributed by atoms with E-state index in [4.69, 9.17) is 0 Å². The lowest BCUT2D eigenvalue weighted by Gasteiger charge is -2.26. The second kappa shape index (κ2) is 6.02. The van der Waals surface area contributed by atoms with E-state index in [0.29, 0.717) is 0 Å². The van der Waals surface area contributed by atoms with Gasteiger partial charge in [0, 0.05) is 24.7 Å².